The minimum atomic E-state index is -0.370. The maximum atomic E-state index is 12.7. The first kappa shape index (κ1) is 17.6. The highest BCUT2D eigenvalue weighted by Crippen LogP contribution is 2.40. The van der Waals surface area contributed by atoms with Crippen molar-refractivity contribution in [1.29, 1.82) is 0 Å². The van der Waals surface area contributed by atoms with Crippen molar-refractivity contribution in [2.75, 3.05) is 26.2 Å². The van der Waals surface area contributed by atoms with Gasteiger partial charge in [-0.05, 0) is 37.4 Å². The van der Waals surface area contributed by atoms with Gasteiger partial charge in [0.25, 0.3) is 11.5 Å². The maximum absolute atomic E-state index is 12.7. The molecule has 7 heteroatoms. The summed E-state index contributed by atoms with van der Waals surface area (Å²) in [4.78, 5) is 37.9. The van der Waals surface area contributed by atoms with E-state index in [-0.39, 0.29) is 22.4 Å². The Morgan fingerprint density at radius 2 is 2.04 bits per heavy atom. The van der Waals surface area contributed by atoms with E-state index in [4.69, 9.17) is 0 Å². The molecule has 0 aromatic carbocycles. The molecule has 2 aromatic heterocycles. The Bertz CT molecular complexity index is 951. The third-order valence-corrected chi connectivity index (χ3v) is 6.39. The van der Waals surface area contributed by atoms with Crippen LogP contribution in [0.3, 0.4) is 0 Å². The number of amides is 1. The molecule has 1 unspecified atom stereocenters. The Hall–Kier alpha value is -2.54. The molecule has 2 aromatic rings. The van der Waals surface area contributed by atoms with E-state index in [0.717, 1.165) is 70.8 Å². The Labute approximate surface area is 164 Å². The molecule has 3 aliphatic rings. The van der Waals surface area contributed by atoms with Crippen LogP contribution in [0.15, 0.2) is 35.5 Å². The number of fused-ring (bicyclic) bond motifs is 1. The van der Waals surface area contributed by atoms with Crippen molar-refractivity contribution in [3.8, 4) is 0 Å². The van der Waals surface area contributed by atoms with E-state index in [2.05, 4.69) is 25.5 Å². The van der Waals surface area contributed by atoms with Gasteiger partial charge in [0.15, 0.2) is 0 Å². The topological polar surface area (TPSA) is 71.3 Å². The molecule has 5 heterocycles. The molecule has 0 radical (unpaired) electrons. The molecule has 0 saturated carbocycles. The fourth-order valence-corrected chi connectivity index (χ4v) is 4.98. The molecular weight excluding hydrogens is 354 g/mol. The van der Waals surface area contributed by atoms with E-state index in [9.17, 15) is 9.59 Å². The van der Waals surface area contributed by atoms with E-state index >= 15 is 0 Å². The van der Waals surface area contributed by atoms with Crippen LogP contribution >= 0.6 is 0 Å². The number of carbonyl (C=O) groups excluding carboxylic acids is 1. The average Bonchev–Trinajstić information content (AvgIpc) is 3.42. The molecule has 5 rings (SSSR count). The Balaban J connectivity index is 1.33. The number of carbonyl (C=O) groups is 1. The summed E-state index contributed by atoms with van der Waals surface area (Å²) in [6.45, 7) is 5.23. The average molecular weight is 379 g/mol. The maximum Gasteiger partial charge on any atom is 0.285 e. The van der Waals surface area contributed by atoms with Gasteiger partial charge in [-0.25, -0.2) is 0 Å². The minimum Gasteiger partial charge on any atom is -0.338 e. The van der Waals surface area contributed by atoms with Gasteiger partial charge < -0.3 is 9.47 Å². The highest BCUT2D eigenvalue weighted by Gasteiger charge is 2.43. The van der Waals surface area contributed by atoms with Gasteiger partial charge in [0.1, 0.15) is 11.4 Å². The molecule has 0 N–H and O–H groups in total. The van der Waals surface area contributed by atoms with Crippen LogP contribution in [0.25, 0.3) is 0 Å². The molecule has 1 amide bonds. The lowest BCUT2D eigenvalue weighted by molar-refractivity contribution is 0.0790. The predicted molar refractivity (Wildman–Crippen MR) is 104 cm³/mol. The molecule has 146 valence electrons. The SMILES string of the molecule is O=C(c1cn2c(nc1=O)CC1(CCN(Cc3cccnc3)C1)C2)N1CCCC1. The van der Waals surface area contributed by atoms with E-state index in [1.807, 2.05) is 12.3 Å². The number of aromatic nitrogens is 3. The molecule has 2 fully saturated rings. The number of nitrogens with zero attached hydrogens (tertiary/aromatic N) is 5. The van der Waals surface area contributed by atoms with Gasteiger partial charge in [-0.3, -0.25) is 19.5 Å². The Morgan fingerprint density at radius 1 is 1.18 bits per heavy atom. The Kier molecular flexibility index (Phi) is 4.27. The summed E-state index contributed by atoms with van der Waals surface area (Å²) in [5, 5.41) is 0. The molecule has 0 aliphatic carbocycles. The van der Waals surface area contributed by atoms with Crippen LogP contribution in [0.4, 0.5) is 0 Å². The zero-order valence-electron chi connectivity index (χ0n) is 16.0. The van der Waals surface area contributed by atoms with Crippen LogP contribution in [-0.4, -0.2) is 56.4 Å². The van der Waals surface area contributed by atoms with Gasteiger partial charge in [0, 0.05) is 63.2 Å². The van der Waals surface area contributed by atoms with Gasteiger partial charge >= 0.3 is 0 Å². The normalized spacial score (nSPS) is 24.2. The second-order valence-corrected chi connectivity index (χ2v) is 8.50. The van der Waals surface area contributed by atoms with Crippen molar-refractivity contribution in [2.24, 2.45) is 5.41 Å². The summed E-state index contributed by atoms with van der Waals surface area (Å²) in [6, 6.07) is 4.08. The first-order chi connectivity index (χ1) is 13.6. The zero-order valence-corrected chi connectivity index (χ0v) is 16.0. The zero-order chi connectivity index (χ0) is 19.1. The molecule has 2 saturated heterocycles. The first-order valence-electron chi connectivity index (χ1n) is 10.1. The lowest BCUT2D eigenvalue weighted by Gasteiger charge is -2.23. The summed E-state index contributed by atoms with van der Waals surface area (Å²) in [6.07, 6.45) is 9.41. The van der Waals surface area contributed by atoms with Crippen molar-refractivity contribution in [2.45, 2.75) is 38.8 Å². The van der Waals surface area contributed by atoms with Crippen molar-refractivity contribution < 1.29 is 4.79 Å². The number of likely N-dealkylation sites (tertiary alicyclic amines) is 2. The fraction of sp³-hybridized carbons (Fsp3) is 0.524. The van der Waals surface area contributed by atoms with Crippen LogP contribution in [0, 0.1) is 5.41 Å². The highest BCUT2D eigenvalue weighted by molar-refractivity contribution is 5.93. The van der Waals surface area contributed by atoms with Gasteiger partial charge in [0.05, 0.1) is 0 Å². The van der Waals surface area contributed by atoms with Crippen LogP contribution in [0.1, 0.15) is 41.0 Å². The quantitative estimate of drug-likeness (QED) is 0.804. The largest absolute Gasteiger partial charge is 0.338 e. The summed E-state index contributed by atoms with van der Waals surface area (Å²) in [7, 11) is 0. The number of rotatable bonds is 3. The summed E-state index contributed by atoms with van der Waals surface area (Å²) in [5.41, 5.74) is 1.20. The number of pyridine rings is 1. The van der Waals surface area contributed by atoms with Gasteiger partial charge in [0.2, 0.25) is 0 Å². The summed E-state index contributed by atoms with van der Waals surface area (Å²) >= 11 is 0. The third kappa shape index (κ3) is 3.13. The molecule has 0 bridgehead atoms. The van der Waals surface area contributed by atoms with Crippen molar-refractivity contribution in [1.82, 2.24) is 24.3 Å². The lowest BCUT2D eigenvalue weighted by atomic mass is 9.86. The highest BCUT2D eigenvalue weighted by atomic mass is 16.2. The van der Waals surface area contributed by atoms with Crippen molar-refractivity contribution in [3.63, 3.8) is 0 Å². The van der Waals surface area contributed by atoms with E-state index in [0.29, 0.717) is 0 Å². The molecule has 7 nitrogen and oxygen atoms in total. The van der Waals surface area contributed by atoms with E-state index in [1.165, 1.54) is 5.56 Å². The third-order valence-electron chi connectivity index (χ3n) is 6.39. The van der Waals surface area contributed by atoms with Gasteiger partial charge in [-0.15, -0.1) is 0 Å². The van der Waals surface area contributed by atoms with Crippen LogP contribution in [-0.2, 0) is 19.5 Å². The van der Waals surface area contributed by atoms with Crippen molar-refractivity contribution >= 4 is 5.91 Å². The molecule has 28 heavy (non-hydrogen) atoms. The Morgan fingerprint density at radius 3 is 2.82 bits per heavy atom. The molecule has 1 atom stereocenters. The van der Waals surface area contributed by atoms with Crippen molar-refractivity contribution in [3.05, 3.63) is 58.0 Å². The van der Waals surface area contributed by atoms with Gasteiger partial charge in [-0.2, -0.15) is 4.98 Å². The minimum absolute atomic E-state index is 0.115. The first-order valence-corrected chi connectivity index (χ1v) is 10.1. The van der Waals surface area contributed by atoms with Crippen LogP contribution in [0.2, 0.25) is 0 Å². The summed E-state index contributed by atoms with van der Waals surface area (Å²) < 4.78 is 2.05. The lowest BCUT2D eigenvalue weighted by Crippen LogP contribution is -2.33. The number of hydrogen-bond acceptors (Lipinski definition) is 5. The standard InChI is InChI=1S/C21H25N5O2/c27-19-17(20(28)25-7-1-2-8-25)13-26-15-21(10-18(26)23-19)5-9-24(14-21)12-16-4-3-6-22-11-16/h3-4,6,11,13H,1-2,5,7-10,12,14-15H2. The predicted octanol–water partition coefficient (Wildman–Crippen LogP) is 1.32. The summed E-state index contributed by atoms with van der Waals surface area (Å²) in [5.74, 6) is 0.669. The van der Waals surface area contributed by atoms with E-state index < -0.39 is 0 Å². The number of hydrogen-bond donors (Lipinski definition) is 0. The smallest absolute Gasteiger partial charge is 0.285 e. The van der Waals surface area contributed by atoms with Crippen LogP contribution < -0.4 is 5.56 Å². The van der Waals surface area contributed by atoms with E-state index in [1.54, 1.807) is 17.3 Å². The van der Waals surface area contributed by atoms with Crippen LogP contribution in [0.5, 0.6) is 0 Å². The molecule has 1 spiro atoms. The fourth-order valence-electron chi connectivity index (χ4n) is 4.98. The molecular formula is C21H25N5O2. The molecule has 3 aliphatic heterocycles. The van der Waals surface area contributed by atoms with Gasteiger partial charge in [-0.1, -0.05) is 6.07 Å². The second kappa shape index (κ2) is 6.81. The monoisotopic (exact) mass is 379 g/mol. The second-order valence-electron chi connectivity index (χ2n) is 8.50.